The number of rotatable bonds is 5. The third-order valence-electron chi connectivity index (χ3n) is 2.67. The van der Waals surface area contributed by atoms with Gasteiger partial charge in [-0.3, -0.25) is 4.68 Å². The predicted octanol–water partition coefficient (Wildman–Crippen LogP) is 1.71. The van der Waals surface area contributed by atoms with Crippen LogP contribution in [0.15, 0.2) is 17.3 Å². The van der Waals surface area contributed by atoms with Gasteiger partial charge in [-0.1, -0.05) is 18.7 Å². The topological polar surface area (TPSA) is 95.6 Å². The number of nitrogen functional groups attached to an aromatic ring is 2. The van der Waals surface area contributed by atoms with E-state index in [4.69, 9.17) is 11.5 Å². The van der Waals surface area contributed by atoms with E-state index in [0.29, 0.717) is 16.8 Å². The Bertz CT molecular complexity index is 545. The number of nitrogens with two attached hydrogens (primary N) is 2. The lowest BCUT2D eigenvalue weighted by atomic mass is 10.3. The first-order valence-corrected chi connectivity index (χ1v) is 7.19. The Morgan fingerprint density at radius 2 is 1.84 bits per heavy atom. The first-order chi connectivity index (χ1) is 9.12. The van der Waals surface area contributed by atoms with Crippen LogP contribution < -0.4 is 11.5 Å². The summed E-state index contributed by atoms with van der Waals surface area (Å²) in [5.41, 5.74) is 13.6. The molecule has 0 amide bonds. The Labute approximate surface area is 116 Å². The highest BCUT2D eigenvalue weighted by molar-refractivity contribution is 7.98. The highest BCUT2D eigenvalue weighted by atomic mass is 32.2. The molecule has 0 aliphatic carbocycles. The van der Waals surface area contributed by atoms with E-state index >= 15 is 0 Å². The van der Waals surface area contributed by atoms with Crippen molar-refractivity contribution in [3.05, 3.63) is 23.5 Å². The van der Waals surface area contributed by atoms with Gasteiger partial charge in [-0.05, 0) is 19.4 Å². The second-order valence-electron chi connectivity index (χ2n) is 4.09. The normalized spacial score (nSPS) is 10.8. The molecule has 0 spiro atoms. The monoisotopic (exact) mass is 278 g/mol. The molecule has 102 valence electrons. The van der Waals surface area contributed by atoms with Crippen molar-refractivity contribution in [3.63, 3.8) is 0 Å². The molecule has 4 N–H and O–H groups in total. The Hall–Kier alpha value is -1.76. The van der Waals surface area contributed by atoms with Gasteiger partial charge in [0.1, 0.15) is 11.6 Å². The maximum atomic E-state index is 5.65. The molecule has 6 nitrogen and oxygen atoms in total. The van der Waals surface area contributed by atoms with E-state index in [2.05, 4.69) is 35.0 Å². The molecular formula is C12H18N6S. The van der Waals surface area contributed by atoms with Crippen molar-refractivity contribution in [2.45, 2.75) is 37.7 Å². The van der Waals surface area contributed by atoms with Gasteiger partial charge >= 0.3 is 0 Å². The average Bonchev–Trinajstić information content (AvgIpc) is 2.77. The summed E-state index contributed by atoms with van der Waals surface area (Å²) >= 11 is 1.51. The lowest BCUT2D eigenvalue weighted by Crippen LogP contribution is -2.03. The Balaban J connectivity index is 2.11. The third-order valence-corrected chi connectivity index (χ3v) is 3.55. The van der Waals surface area contributed by atoms with E-state index in [0.717, 1.165) is 30.1 Å². The van der Waals surface area contributed by atoms with Crippen molar-refractivity contribution < 1.29 is 0 Å². The Morgan fingerprint density at radius 3 is 2.42 bits per heavy atom. The number of nitrogens with zero attached hydrogens (tertiary/aromatic N) is 4. The van der Waals surface area contributed by atoms with Crippen molar-refractivity contribution in [1.82, 2.24) is 19.7 Å². The molecule has 0 unspecified atom stereocenters. The minimum Gasteiger partial charge on any atom is -0.383 e. The molecule has 0 aromatic carbocycles. The second-order valence-corrected chi connectivity index (χ2v) is 5.03. The number of hydrogen-bond acceptors (Lipinski definition) is 6. The molecule has 0 saturated heterocycles. The van der Waals surface area contributed by atoms with Gasteiger partial charge in [0.15, 0.2) is 5.16 Å². The van der Waals surface area contributed by atoms with Gasteiger partial charge in [-0.2, -0.15) is 5.10 Å². The zero-order chi connectivity index (χ0) is 13.8. The van der Waals surface area contributed by atoms with Crippen LogP contribution in [0.3, 0.4) is 0 Å². The SMILES string of the molecule is CCc1cc(CSc2nc(N)cc(N)n2)n(CC)n1. The summed E-state index contributed by atoms with van der Waals surface area (Å²) in [5.74, 6) is 1.55. The molecule has 0 bridgehead atoms. The molecule has 0 radical (unpaired) electrons. The lowest BCUT2D eigenvalue weighted by molar-refractivity contribution is 0.628. The molecule has 2 aromatic heterocycles. The molecule has 7 heteroatoms. The second kappa shape index (κ2) is 5.92. The van der Waals surface area contributed by atoms with E-state index in [1.807, 2.05) is 4.68 Å². The van der Waals surface area contributed by atoms with Crippen LogP contribution in [0.5, 0.6) is 0 Å². The predicted molar refractivity (Wildman–Crippen MR) is 77.7 cm³/mol. The summed E-state index contributed by atoms with van der Waals surface area (Å²) in [6.45, 7) is 5.03. The zero-order valence-electron chi connectivity index (χ0n) is 11.1. The van der Waals surface area contributed by atoms with E-state index < -0.39 is 0 Å². The number of anilines is 2. The van der Waals surface area contributed by atoms with Crippen LogP contribution in [0, 0.1) is 0 Å². The molecular weight excluding hydrogens is 260 g/mol. The van der Waals surface area contributed by atoms with Gasteiger partial charge < -0.3 is 11.5 Å². The van der Waals surface area contributed by atoms with Crippen LogP contribution in [0.1, 0.15) is 25.2 Å². The van der Waals surface area contributed by atoms with E-state index in [9.17, 15) is 0 Å². The molecule has 0 fully saturated rings. The molecule has 19 heavy (non-hydrogen) atoms. The minimum absolute atomic E-state index is 0.397. The van der Waals surface area contributed by atoms with Crippen LogP contribution >= 0.6 is 11.8 Å². The molecule has 2 aromatic rings. The van der Waals surface area contributed by atoms with Gasteiger partial charge in [-0.25, -0.2) is 9.97 Å². The van der Waals surface area contributed by atoms with Gasteiger partial charge in [0.05, 0.1) is 5.69 Å². The molecule has 0 atom stereocenters. The fraction of sp³-hybridized carbons (Fsp3) is 0.417. The summed E-state index contributed by atoms with van der Waals surface area (Å²) in [6, 6.07) is 3.67. The first-order valence-electron chi connectivity index (χ1n) is 6.20. The Kier molecular flexibility index (Phi) is 4.26. The summed E-state index contributed by atoms with van der Waals surface area (Å²) in [6.07, 6.45) is 0.937. The molecule has 0 saturated carbocycles. The van der Waals surface area contributed by atoms with Gasteiger partial charge in [0.2, 0.25) is 0 Å². The third kappa shape index (κ3) is 3.37. The highest BCUT2D eigenvalue weighted by Crippen LogP contribution is 2.21. The Morgan fingerprint density at radius 1 is 1.16 bits per heavy atom. The maximum absolute atomic E-state index is 5.65. The maximum Gasteiger partial charge on any atom is 0.191 e. The number of aryl methyl sites for hydroxylation is 2. The standard InChI is InChI=1S/C12H18N6S/c1-3-8-5-9(18(4-2)17-8)7-19-12-15-10(13)6-11(14)16-12/h5-6H,3-4,7H2,1-2H3,(H4,13,14,15,16). The largest absolute Gasteiger partial charge is 0.383 e. The fourth-order valence-corrected chi connectivity index (χ4v) is 2.59. The number of hydrogen-bond donors (Lipinski definition) is 2. The van der Waals surface area contributed by atoms with E-state index in [1.165, 1.54) is 11.8 Å². The minimum atomic E-state index is 0.397. The van der Waals surface area contributed by atoms with Crippen molar-refractivity contribution in [1.29, 1.82) is 0 Å². The highest BCUT2D eigenvalue weighted by Gasteiger charge is 2.08. The quantitative estimate of drug-likeness (QED) is 0.638. The summed E-state index contributed by atoms with van der Waals surface area (Å²) in [5, 5.41) is 5.10. The van der Waals surface area contributed by atoms with Gasteiger partial charge in [0, 0.05) is 24.1 Å². The van der Waals surface area contributed by atoms with E-state index in [-0.39, 0.29) is 0 Å². The summed E-state index contributed by atoms with van der Waals surface area (Å²) in [7, 11) is 0. The fourth-order valence-electron chi connectivity index (χ4n) is 1.74. The molecule has 0 aliphatic heterocycles. The van der Waals surface area contributed by atoms with Gasteiger partial charge in [-0.15, -0.1) is 0 Å². The average molecular weight is 278 g/mol. The van der Waals surface area contributed by atoms with Crippen LogP contribution in [0.2, 0.25) is 0 Å². The van der Waals surface area contributed by atoms with Crippen molar-refractivity contribution in [2.24, 2.45) is 0 Å². The van der Waals surface area contributed by atoms with E-state index in [1.54, 1.807) is 6.07 Å². The molecule has 2 heterocycles. The van der Waals surface area contributed by atoms with Crippen LogP contribution in [0.4, 0.5) is 11.6 Å². The number of thioether (sulfide) groups is 1. The van der Waals surface area contributed by atoms with Crippen molar-refractivity contribution in [3.8, 4) is 0 Å². The van der Waals surface area contributed by atoms with Crippen LogP contribution in [-0.4, -0.2) is 19.7 Å². The smallest absolute Gasteiger partial charge is 0.191 e. The van der Waals surface area contributed by atoms with Crippen molar-refractivity contribution >= 4 is 23.4 Å². The van der Waals surface area contributed by atoms with Gasteiger partial charge in [0.25, 0.3) is 0 Å². The summed E-state index contributed by atoms with van der Waals surface area (Å²) in [4.78, 5) is 8.30. The van der Waals surface area contributed by atoms with Crippen LogP contribution in [-0.2, 0) is 18.7 Å². The zero-order valence-corrected chi connectivity index (χ0v) is 11.9. The first kappa shape index (κ1) is 13.7. The summed E-state index contributed by atoms with van der Waals surface area (Å²) < 4.78 is 2.00. The number of aromatic nitrogens is 4. The van der Waals surface area contributed by atoms with Crippen molar-refractivity contribution in [2.75, 3.05) is 11.5 Å². The lowest BCUT2D eigenvalue weighted by Gasteiger charge is -2.04. The molecule has 2 rings (SSSR count). The van der Waals surface area contributed by atoms with Crippen LogP contribution in [0.25, 0.3) is 0 Å². The molecule has 0 aliphatic rings.